The SMILES string of the molecule is CN1C(N)=Nc2cc(-c3c(F)cccc3C(F)(F)F)ccc2C1N. The Kier molecular flexibility index (Phi) is 3.71. The van der Waals surface area contributed by atoms with Gasteiger partial charge in [-0.05, 0) is 23.8 Å². The van der Waals surface area contributed by atoms with Crippen LogP contribution in [0, 0.1) is 5.82 Å². The number of hydrogen-bond donors (Lipinski definition) is 2. The van der Waals surface area contributed by atoms with Gasteiger partial charge in [0.05, 0.1) is 11.3 Å². The van der Waals surface area contributed by atoms with E-state index in [1.54, 1.807) is 7.05 Å². The van der Waals surface area contributed by atoms with E-state index in [2.05, 4.69) is 4.99 Å². The van der Waals surface area contributed by atoms with Crippen molar-refractivity contribution < 1.29 is 17.6 Å². The summed E-state index contributed by atoms with van der Waals surface area (Å²) >= 11 is 0. The highest BCUT2D eigenvalue weighted by Gasteiger charge is 2.35. The van der Waals surface area contributed by atoms with Gasteiger partial charge in [-0.2, -0.15) is 13.2 Å². The Hall–Kier alpha value is -2.61. The van der Waals surface area contributed by atoms with Crippen LogP contribution in [0.1, 0.15) is 17.3 Å². The molecule has 8 heteroatoms. The first-order valence-electron chi connectivity index (χ1n) is 7.02. The van der Waals surface area contributed by atoms with E-state index in [4.69, 9.17) is 11.5 Å². The molecule has 4 N–H and O–H groups in total. The molecule has 1 heterocycles. The minimum atomic E-state index is -4.67. The molecule has 1 aliphatic rings. The molecule has 3 rings (SSSR count). The lowest BCUT2D eigenvalue weighted by Crippen LogP contribution is -2.42. The van der Waals surface area contributed by atoms with Gasteiger partial charge in [-0.15, -0.1) is 0 Å². The number of fused-ring (bicyclic) bond motifs is 1. The van der Waals surface area contributed by atoms with Crippen LogP contribution in [-0.2, 0) is 6.18 Å². The summed E-state index contributed by atoms with van der Waals surface area (Å²) in [5.74, 6) is -0.823. The van der Waals surface area contributed by atoms with Crippen molar-refractivity contribution in [3.05, 3.63) is 53.3 Å². The lowest BCUT2D eigenvalue weighted by molar-refractivity contribution is -0.137. The van der Waals surface area contributed by atoms with E-state index in [0.29, 0.717) is 11.3 Å². The predicted octanol–water partition coefficient (Wildman–Crippen LogP) is 3.36. The van der Waals surface area contributed by atoms with Crippen LogP contribution in [0.2, 0.25) is 0 Å². The fraction of sp³-hybridized carbons (Fsp3) is 0.188. The number of nitrogens with zero attached hydrogens (tertiary/aromatic N) is 2. The molecule has 126 valence electrons. The first-order chi connectivity index (χ1) is 11.2. The van der Waals surface area contributed by atoms with E-state index in [1.165, 1.54) is 23.1 Å². The molecule has 1 unspecified atom stereocenters. The summed E-state index contributed by atoms with van der Waals surface area (Å²) in [7, 11) is 1.65. The largest absolute Gasteiger partial charge is 0.417 e. The maximum absolute atomic E-state index is 14.1. The van der Waals surface area contributed by atoms with E-state index in [-0.39, 0.29) is 11.5 Å². The maximum atomic E-state index is 14.1. The van der Waals surface area contributed by atoms with Crippen LogP contribution in [0.3, 0.4) is 0 Å². The van der Waals surface area contributed by atoms with Crippen molar-refractivity contribution in [2.24, 2.45) is 16.5 Å². The molecule has 0 aliphatic carbocycles. The Morgan fingerprint density at radius 1 is 1.17 bits per heavy atom. The second-order valence-electron chi connectivity index (χ2n) is 5.46. The van der Waals surface area contributed by atoms with Gasteiger partial charge in [0.15, 0.2) is 5.96 Å². The predicted molar refractivity (Wildman–Crippen MR) is 82.8 cm³/mol. The monoisotopic (exact) mass is 338 g/mol. The van der Waals surface area contributed by atoms with E-state index < -0.39 is 29.3 Å². The number of hydrogen-bond acceptors (Lipinski definition) is 4. The van der Waals surface area contributed by atoms with Crippen LogP contribution in [0.5, 0.6) is 0 Å². The Bertz CT molecular complexity index is 829. The third-order valence-electron chi connectivity index (χ3n) is 3.97. The number of rotatable bonds is 1. The Morgan fingerprint density at radius 2 is 1.88 bits per heavy atom. The first-order valence-corrected chi connectivity index (χ1v) is 7.02. The van der Waals surface area contributed by atoms with Gasteiger partial charge in [0, 0.05) is 18.2 Å². The molecule has 2 aromatic carbocycles. The van der Waals surface area contributed by atoms with Gasteiger partial charge in [0.2, 0.25) is 0 Å². The number of benzene rings is 2. The van der Waals surface area contributed by atoms with Gasteiger partial charge >= 0.3 is 6.18 Å². The Labute approximate surface area is 135 Å². The lowest BCUT2D eigenvalue weighted by Gasteiger charge is -2.31. The van der Waals surface area contributed by atoms with Crippen LogP contribution in [0.4, 0.5) is 23.2 Å². The van der Waals surface area contributed by atoms with Crippen molar-refractivity contribution in [2.75, 3.05) is 7.05 Å². The number of alkyl halides is 3. The Balaban J connectivity index is 2.20. The van der Waals surface area contributed by atoms with E-state index in [0.717, 1.165) is 18.2 Å². The summed E-state index contributed by atoms with van der Waals surface area (Å²) in [6.45, 7) is 0. The zero-order chi connectivity index (χ0) is 17.6. The molecule has 1 aliphatic heterocycles. The fourth-order valence-electron chi connectivity index (χ4n) is 2.65. The highest BCUT2D eigenvalue weighted by atomic mass is 19.4. The quantitative estimate of drug-likeness (QED) is 0.784. The van der Waals surface area contributed by atoms with Gasteiger partial charge in [0.25, 0.3) is 0 Å². The normalized spacial score (nSPS) is 17.5. The zero-order valence-corrected chi connectivity index (χ0v) is 12.6. The summed E-state index contributed by atoms with van der Waals surface area (Å²) in [4.78, 5) is 5.66. The second-order valence-corrected chi connectivity index (χ2v) is 5.46. The standard InChI is InChI=1S/C16H14F4N4/c1-24-14(21)9-6-5-8(7-12(9)23-15(24)22)13-10(16(18,19)20)3-2-4-11(13)17/h2-7,14H,21H2,1H3,(H2,22,23). The van der Waals surface area contributed by atoms with Gasteiger partial charge in [0.1, 0.15) is 12.0 Å². The summed E-state index contributed by atoms with van der Waals surface area (Å²) < 4.78 is 53.7. The van der Waals surface area contributed by atoms with Crippen LogP contribution < -0.4 is 11.5 Å². The minimum absolute atomic E-state index is 0.0625. The molecule has 0 saturated heterocycles. The van der Waals surface area contributed by atoms with Crippen LogP contribution >= 0.6 is 0 Å². The Morgan fingerprint density at radius 3 is 2.54 bits per heavy atom. The topological polar surface area (TPSA) is 67.6 Å². The molecule has 2 aromatic rings. The first kappa shape index (κ1) is 16.3. The average molecular weight is 338 g/mol. The van der Waals surface area contributed by atoms with E-state index >= 15 is 0 Å². The summed E-state index contributed by atoms with van der Waals surface area (Å²) in [6, 6.07) is 7.16. The third kappa shape index (κ3) is 2.58. The van der Waals surface area contributed by atoms with Gasteiger partial charge in [-0.3, -0.25) is 0 Å². The number of guanidine groups is 1. The van der Waals surface area contributed by atoms with Crippen molar-refractivity contribution in [3.63, 3.8) is 0 Å². The summed E-state index contributed by atoms with van der Waals surface area (Å²) in [5.41, 5.74) is 11.2. The minimum Gasteiger partial charge on any atom is -0.369 e. The van der Waals surface area contributed by atoms with Crippen molar-refractivity contribution in [1.29, 1.82) is 0 Å². The highest BCUT2D eigenvalue weighted by Crippen LogP contribution is 2.41. The molecule has 0 amide bonds. The van der Waals surface area contributed by atoms with Crippen molar-refractivity contribution in [1.82, 2.24) is 4.90 Å². The highest BCUT2D eigenvalue weighted by molar-refractivity contribution is 5.85. The molecule has 0 spiro atoms. The average Bonchev–Trinajstić information content (AvgIpc) is 2.51. The van der Waals surface area contributed by atoms with Crippen LogP contribution in [-0.4, -0.2) is 17.9 Å². The molecule has 0 radical (unpaired) electrons. The summed E-state index contributed by atoms with van der Waals surface area (Å²) in [6.07, 6.45) is -5.25. The molecule has 0 aromatic heterocycles. The smallest absolute Gasteiger partial charge is 0.369 e. The van der Waals surface area contributed by atoms with E-state index in [1.807, 2.05) is 0 Å². The lowest BCUT2D eigenvalue weighted by atomic mass is 9.95. The maximum Gasteiger partial charge on any atom is 0.417 e. The van der Waals surface area contributed by atoms with Gasteiger partial charge in [-0.25, -0.2) is 9.38 Å². The van der Waals surface area contributed by atoms with Crippen molar-refractivity contribution >= 4 is 11.6 Å². The molecular weight excluding hydrogens is 324 g/mol. The zero-order valence-electron chi connectivity index (χ0n) is 12.6. The summed E-state index contributed by atoms with van der Waals surface area (Å²) in [5, 5.41) is 0. The molecule has 24 heavy (non-hydrogen) atoms. The van der Waals surface area contributed by atoms with Gasteiger partial charge in [-0.1, -0.05) is 18.2 Å². The molecular formula is C16H14F4N4. The van der Waals surface area contributed by atoms with Crippen LogP contribution in [0.25, 0.3) is 11.1 Å². The van der Waals surface area contributed by atoms with E-state index in [9.17, 15) is 17.6 Å². The third-order valence-corrected chi connectivity index (χ3v) is 3.97. The number of aliphatic imine (C=N–C) groups is 1. The molecule has 4 nitrogen and oxygen atoms in total. The number of halogens is 4. The molecule has 0 bridgehead atoms. The fourth-order valence-corrected chi connectivity index (χ4v) is 2.65. The van der Waals surface area contributed by atoms with Crippen LogP contribution in [0.15, 0.2) is 41.4 Å². The van der Waals surface area contributed by atoms with Gasteiger partial charge < -0.3 is 16.4 Å². The molecule has 0 fully saturated rings. The second kappa shape index (κ2) is 5.48. The van der Waals surface area contributed by atoms with Crippen molar-refractivity contribution in [2.45, 2.75) is 12.3 Å². The number of nitrogens with two attached hydrogens (primary N) is 2. The van der Waals surface area contributed by atoms with Crippen molar-refractivity contribution in [3.8, 4) is 11.1 Å². The molecule has 1 atom stereocenters. The molecule has 0 saturated carbocycles.